The fourth-order valence-corrected chi connectivity index (χ4v) is 5.59. The maximum atomic E-state index is 13.6. The van der Waals surface area contributed by atoms with Gasteiger partial charge in [0.15, 0.2) is 6.10 Å². The highest BCUT2D eigenvalue weighted by molar-refractivity contribution is 7.92. The summed E-state index contributed by atoms with van der Waals surface area (Å²) in [6.45, 7) is 11.0. The third-order valence-corrected chi connectivity index (χ3v) is 8.22. The minimum Gasteiger partial charge on any atom is -0.476 e. The monoisotopic (exact) mass is 486 g/mol. The standard InChI is InChI=1S/C27H38N2O4S/c1-6-8-12-20(7-2)18-28-26(30)25-19-29(34(31,32)22-13-10-9-11-14-22)23-17-21(27(3,4)5)15-16-24(23)33-25/h9-11,13-17,20,25H,6-8,12,18-19H2,1-5H3,(H,28,30). The van der Waals surface area contributed by atoms with Crippen molar-refractivity contribution in [2.24, 2.45) is 5.92 Å². The van der Waals surface area contributed by atoms with E-state index < -0.39 is 16.1 Å². The average molecular weight is 487 g/mol. The van der Waals surface area contributed by atoms with Crippen LogP contribution in [0.1, 0.15) is 65.9 Å². The lowest BCUT2D eigenvalue weighted by Crippen LogP contribution is -2.51. The van der Waals surface area contributed by atoms with Crippen molar-refractivity contribution < 1.29 is 17.9 Å². The Balaban J connectivity index is 1.92. The Morgan fingerprint density at radius 1 is 1.15 bits per heavy atom. The molecule has 0 aromatic heterocycles. The quantitative estimate of drug-likeness (QED) is 0.524. The summed E-state index contributed by atoms with van der Waals surface area (Å²) in [4.78, 5) is 13.3. The van der Waals surface area contributed by atoms with Crippen LogP contribution in [0.25, 0.3) is 0 Å². The van der Waals surface area contributed by atoms with Crippen LogP contribution in [0, 0.1) is 5.92 Å². The Hall–Kier alpha value is -2.54. The second-order valence-electron chi connectivity index (χ2n) is 10.0. The van der Waals surface area contributed by atoms with Crippen LogP contribution >= 0.6 is 0 Å². The molecule has 2 aromatic carbocycles. The predicted octanol–water partition coefficient (Wildman–Crippen LogP) is 5.27. The van der Waals surface area contributed by atoms with E-state index in [9.17, 15) is 13.2 Å². The van der Waals surface area contributed by atoms with Crippen molar-refractivity contribution >= 4 is 21.6 Å². The Labute approximate surface area is 204 Å². The summed E-state index contributed by atoms with van der Waals surface area (Å²) in [6, 6.07) is 13.9. The van der Waals surface area contributed by atoms with E-state index in [-0.39, 0.29) is 22.8 Å². The smallest absolute Gasteiger partial charge is 0.264 e. The van der Waals surface area contributed by atoms with E-state index in [4.69, 9.17) is 4.74 Å². The maximum absolute atomic E-state index is 13.6. The lowest BCUT2D eigenvalue weighted by Gasteiger charge is -2.36. The number of carbonyl (C=O) groups excluding carboxylic acids is 1. The van der Waals surface area contributed by atoms with Gasteiger partial charge in [0.2, 0.25) is 0 Å². The van der Waals surface area contributed by atoms with Gasteiger partial charge in [0, 0.05) is 6.54 Å². The number of fused-ring (bicyclic) bond motifs is 1. The van der Waals surface area contributed by atoms with Gasteiger partial charge in [-0.3, -0.25) is 9.10 Å². The molecule has 0 bridgehead atoms. The first-order valence-corrected chi connectivity index (χ1v) is 13.7. The van der Waals surface area contributed by atoms with Gasteiger partial charge in [-0.25, -0.2) is 8.42 Å². The first kappa shape index (κ1) is 26.1. The molecular weight excluding hydrogens is 448 g/mol. The van der Waals surface area contributed by atoms with Crippen molar-refractivity contribution in [1.29, 1.82) is 0 Å². The number of hydrogen-bond acceptors (Lipinski definition) is 4. The molecule has 0 spiro atoms. The first-order chi connectivity index (χ1) is 16.1. The number of anilines is 1. The number of carbonyl (C=O) groups is 1. The maximum Gasteiger partial charge on any atom is 0.264 e. The second-order valence-corrected chi connectivity index (χ2v) is 11.9. The summed E-state index contributed by atoms with van der Waals surface area (Å²) in [5.41, 5.74) is 1.29. The van der Waals surface area contributed by atoms with Crippen molar-refractivity contribution in [3.8, 4) is 5.75 Å². The number of rotatable bonds is 9. The molecule has 186 valence electrons. The summed E-state index contributed by atoms with van der Waals surface area (Å²) in [7, 11) is -3.88. The molecule has 0 saturated heterocycles. The molecule has 6 nitrogen and oxygen atoms in total. The molecule has 0 saturated carbocycles. The van der Waals surface area contributed by atoms with Gasteiger partial charge in [0.1, 0.15) is 5.75 Å². The van der Waals surface area contributed by atoms with Gasteiger partial charge in [-0.15, -0.1) is 0 Å². The van der Waals surface area contributed by atoms with Crippen molar-refractivity contribution in [2.75, 3.05) is 17.4 Å². The van der Waals surface area contributed by atoms with Crippen LogP contribution in [0.2, 0.25) is 0 Å². The molecule has 0 radical (unpaired) electrons. The van der Waals surface area contributed by atoms with Crippen LogP contribution < -0.4 is 14.4 Å². The highest BCUT2D eigenvalue weighted by Gasteiger charge is 2.38. The molecule has 2 aromatic rings. The van der Waals surface area contributed by atoms with E-state index in [0.717, 1.165) is 31.2 Å². The van der Waals surface area contributed by atoms with E-state index >= 15 is 0 Å². The second kappa shape index (κ2) is 10.8. The summed E-state index contributed by atoms with van der Waals surface area (Å²) < 4.78 is 34.7. The lowest BCUT2D eigenvalue weighted by atomic mass is 9.86. The largest absolute Gasteiger partial charge is 0.476 e. The molecular formula is C27H38N2O4S. The molecule has 2 atom stereocenters. The van der Waals surface area contributed by atoms with E-state index in [2.05, 4.69) is 39.9 Å². The van der Waals surface area contributed by atoms with Crippen LogP contribution in [-0.4, -0.2) is 33.5 Å². The highest BCUT2D eigenvalue weighted by Crippen LogP contribution is 2.40. The molecule has 0 fully saturated rings. The van der Waals surface area contributed by atoms with Crippen molar-refractivity contribution in [3.63, 3.8) is 0 Å². The number of nitrogens with one attached hydrogen (secondary N) is 1. The Morgan fingerprint density at radius 3 is 2.47 bits per heavy atom. The number of nitrogens with zero attached hydrogens (tertiary/aromatic N) is 1. The number of amides is 1. The zero-order chi connectivity index (χ0) is 24.9. The molecule has 0 aliphatic carbocycles. The normalized spacial score (nSPS) is 17.0. The van der Waals surface area contributed by atoms with Gasteiger partial charge < -0.3 is 10.1 Å². The van der Waals surface area contributed by atoms with Crippen molar-refractivity contribution in [1.82, 2.24) is 5.32 Å². The molecule has 2 unspecified atom stereocenters. The number of hydrogen-bond donors (Lipinski definition) is 1. The number of ether oxygens (including phenoxy) is 1. The molecule has 1 aliphatic rings. The summed E-state index contributed by atoms with van der Waals surface area (Å²) in [6.07, 6.45) is 3.37. The van der Waals surface area contributed by atoms with E-state index in [0.29, 0.717) is 23.9 Å². The third-order valence-electron chi connectivity index (χ3n) is 6.43. The highest BCUT2D eigenvalue weighted by atomic mass is 32.2. The van der Waals surface area contributed by atoms with E-state index in [1.165, 1.54) is 4.31 Å². The van der Waals surface area contributed by atoms with Gasteiger partial charge in [0.05, 0.1) is 17.1 Å². The molecule has 1 aliphatic heterocycles. The van der Waals surface area contributed by atoms with Gasteiger partial charge >= 0.3 is 0 Å². The summed E-state index contributed by atoms with van der Waals surface area (Å²) >= 11 is 0. The van der Waals surface area contributed by atoms with E-state index in [1.54, 1.807) is 36.4 Å². The minimum absolute atomic E-state index is 0.0740. The molecule has 1 heterocycles. The number of unbranched alkanes of at least 4 members (excludes halogenated alkanes) is 1. The molecule has 1 N–H and O–H groups in total. The molecule has 1 amide bonds. The molecule has 34 heavy (non-hydrogen) atoms. The van der Waals surface area contributed by atoms with Crippen LogP contribution in [0.15, 0.2) is 53.4 Å². The zero-order valence-electron chi connectivity index (χ0n) is 21.0. The lowest BCUT2D eigenvalue weighted by molar-refractivity contribution is -0.127. The zero-order valence-corrected chi connectivity index (χ0v) is 21.8. The fourth-order valence-electron chi connectivity index (χ4n) is 4.10. The number of sulfonamides is 1. The van der Waals surface area contributed by atoms with Crippen LogP contribution in [-0.2, 0) is 20.2 Å². The van der Waals surface area contributed by atoms with Crippen LogP contribution in [0.5, 0.6) is 5.75 Å². The van der Waals surface area contributed by atoms with Crippen molar-refractivity contribution in [2.45, 2.75) is 76.7 Å². The van der Waals surface area contributed by atoms with Gasteiger partial charge in [-0.1, -0.05) is 78.1 Å². The van der Waals surface area contributed by atoms with Crippen LogP contribution in [0.3, 0.4) is 0 Å². The molecule has 7 heteroatoms. The van der Waals surface area contributed by atoms with Gasteiger partial charge in [-0.05, 0) is 47.6 Å². The van der Waals surface area contributed by atoms with Gasteiger partial charge in [0.25, 0.3) is 15.9 Å². The predicted molar refractivity (Wildman–Crippen MR) is 137 cm³/mol. The van der Waals surface area contributed by atoms with Gasteiger partial charge in [-0.2, -0.15) is 0 Å². The van der Waals surface area contributed by atoms with E-state index in [1.807, 2.05) is 12.1 Å². The van der Waals surface area contributed by atoms with Crippen molar-refractivity contribution in [3.05, 3.63) is 54.1 Å². The minimum atomic E-state index is -3.88. The fraction of sp³-hybridized carbons (Fsp3) is 0.519. The third kappa shape index (κ3) is 5.93. The molecule has 3 rings (SSSR count). The number of benzene rings is 2. The first-order valence-electron chi connectivity index (χ1n) is 12.2. The SMILES string of the molecule is CCCCC(CC)CNC(=O)C1CN(S(=O)(=O)c2ccccc2)c2cc(C(C)(C)C)ccc2O1. The Bertz CT molecular complexity index is 1080. The summed E-state index contributed by atoms with van der Waals surface area (Å²) in [5.74, 6) is 0.518. The van der Waals surface area contributed by atoms with Crippen LogP contribution in [0.4, 0.5) is 5.69 Å². The Kier molecular flexibility index (Phi) is 8.29. The topological polar surface area (TPSA) is 75.7 Å². The Morgan fingerprint density at radius 2 is 1.85 bits per heavy atom. The average Bonchev–Trinajstić information content (AvgIpc) is 2.82. The summed E-state index contributed by atoms with van der Waals surface area (Å²) in [5, 5.41) is 3.01.